The molecule has 0 aliphatic rings. The third-order valence-corrected chi connectivity index (χ3v) is 4.39. The average molecular weight is 427 g/mol. The lowest BCUT2D eigenvalue weighted by molar-refractivity contribution is -0.152. The molecule has 0 aliphatic carbocycles. The van der Waals surface area contributed by atoms with Gasteiger partial charge >= 0.3 is 11.9 Å². The van der Waals surface area contributed by atoms with E-state index in [0.29, 0.717) is 23.5 Å². The molecule has 7 heteroatoms. The molecule has 0 bridgehead atoms. The maximum absolute atomic E-state index is 12.1. The maximum Gasteiger partial charge on any atom is 0.347 e. The Labute approximate surface area is 183 Å². The van der Waals surface area contributed by atoms with Crippen molar-refractivity contribution in [3.05, 3.63) is 54.1 Å². The third-order valence-electron chi connectivity index (χ3n) is 4.39. The molecule has 0 spiro atoms. The van der Waals surface area contributed by atoms with Gasteiger partial charge in [0, 0.05) is 0 Å². The van der Waals surface area contributed by atoms with Crippen molar-refractivity contribution in [3.8, 4) is 5.75 Å². The number of unbranched alkanes of at least 4 members (excludes halogenated alkanes) is 3. The SMILES string of the molecule is CCCCCCOc1ccc(N=Nc2ccc(C(=O)OC(C)C(=O)OCC)cc2)cc1. The van der Waals surface area contributed by atoms with Crippen LogP contribution < -0.4 is 4.74 Å². The molecule has 31 heavy (non-hydrogen) atoms. The summed E-state index contributed by atoms with van der Waals surface area (Å²) in [7, 11) is 0. The fraction of sp³-hybridized carbons (Fsp3) is 0.417. The number of benzene rings is 2. The molecule has 0 saturated carbocycles. The molecule has 2 rings (SSSR count). The fourth-order valence-electron chi connectivity index (χ4n) is 2.64. The highest BCUT2D eigenvalue weighted by molar-refractivity contribution is 5.91. The minimum atomic E-state index is -0.963. The molecule has 0 aromatic heterocycles. The van der Waals surface area contributed by atoms with Crippen LogP contribution in [-0.2, 0) is 14.3 Å². The zero-order valence-electron chi connectivity index (χ0n) is 18.4. The number of esters is 2. The third kappa shape index (κ3) is 8.58. The van der Waals surface area contributed by atoms with Crippen LogP contribution >= 0.6 is 0 Å². The van der Waals surface area contributed by atoms with Gasteiger partial charge in [-0.1, -0.05) is 26.2 Å². The van der Waals surface area contributed by atoms with E-state index in [2.05, 4.69) is 17.2 Å². The van der Waals surface area contributed by atoms with Gasteiger partial charge < -0.3 is 14.2 Å². The quantitative estimate of drug-likeness (QED) is 0.230. The Kier molecular flexibility index (Phi) is 10.2. The highest BCUT2D eigenvalue weighted by Crippen LogP contribution is 2.22. The molecule has 0 N–H and O–H groups in total. The number of carbonyl (C=O) groups is 2. The minimum Gasteiger partial charge on any atom is -0.494 e. The Hall–Kier alpha value is -3.22. The topological polar surface area (TPSA) is 86.5 Å². The van der Waals surface area contributed by atoms with E-state index in [0.717, 1.165) is 12.2 Å². The standard InChI is InChI=1S/C24H30N2O5/c1-4-6-7-8-17-30-22-15-13-21(14-16-22)26-25-20-11-9-19(10-12-20)24(28)31-18(3)23(27)29-5-2/h9-16,18H,4-8,17H2,1-3H3. The summed E-state index contributed by atoms with van der Waals surface area (Å²) < 4.78 is 15.6. The van der Waals surface area contributed by atoms with Crippen molar-refractivity contribution in [1.82, 2.24) is 0 Å². The van der Waals surface area contributed by atoms with Crippen LogP contribution in [0.5, 0.6) is 5.75 Å². The first-order chi connectivity index (χ1) is 15.0. The first-order valence-corrected chi connectivity index (χ1v) is 10.7. The first-order valence-electron chi connectivity index (χ1n) is 10.7. The second-order valence-corrected chi connectivity index (χ2v) is 6.95. The van der Waals surface area contributed by atoms with E-state index in [9.17, 15) is 9.59 Å². The average Bonchev–Trinajstić information content (AvgIpc) is 2.78. The van der Waals surface area contributed by atoms with Crippen molar-refractivity contribution in [2.45, 2.75) is 52.6 Å². The predicted molar refractivity (Wildman–Crippen MR) is 118 cm³/mol. The summed E-state index contributed by atoms with van der Waals surface area (Å²) in [4.78, 5) is 23.7. The summed E-state index contributed by atoms with van der Waals surface area (Å²) in [5.41, 5.74) is 1.60. The van der Waals surface area contributed by atoms with Gasteiger partial charge in [0.05, 0.1) is 30.2 Å². The summed E-state index contributed by atoms with van der Waals surface area (Å²) in [6.07, 6.45) is 3.72. The smallest absolute Gasteiger partial charge is 0.347 e. The zero-order valence-corrected chi connectivity index (χ0v) is 18.4. The Balaban J connectivity index is 1.85. The van der Waals surface area contributed by atoms with E-state index in [-0.39, 0.29) is 6.61 Å². The lowest BCUT2D eigenvalue weighted by Crippen LogP contribution is -2.26. The maximum atomic E-state index is 12.1. The van der Waals surface area contributed by atoms with Gasteiger partial charge in [-0.3, -0.25) is 0 Å². The second-order valence-electron chi connectivity index (χ2n) is 6.95. The lowest BCUT2D eigenvalue weighted by Gasteiger charge is -2.11. The molecule has 0 radical (unpaired) electrons. The van der Waals surface area contributed by atoms with Gasteiger partial charge in [0.15, 0.2) is 6.10 Å². The van der Waals surface area contributed by atoms with Crippen LogP contribution in [0, 0.1) is 0 Å². The van der Waals surface area contributed by atoms with Gasteiger partial charge in [-0.05, 0) is 68.8 Å². The number of rotatable bonds is 12. The number of hydrogen-bond acceptors (Lipinski definition) is 7. The molecule has 7 nitrogen and oxygen atoms in total. The van der Waals surface area contributed by atoms with Crippen LogP contribution in [-0.4, -0.2) is 31.3 Å². The van der Waals surface area contributed by atoms with E-state index in [1.165, 1.54) is 26.2 Å². The van der Waals surface area contributed by atoms with Crippen molar-refractivity contribution >= 4 is 23.3 Å². The van der Waals surface area contributed by atoms with Crippen molar-refractivity contribution in [2.24, 2.45) is 10.2 Å². The molecule has 0 fully saturated rings. The summed E-state index contributed by atoms with van der Waals surface area (Å²) >= 11 is 0. The molecule has 0 amide bonds. The van der Waals surface area contributed by atoms with Crippen LogP contribution in [0.15, 0.2) is 58.8 Å². The summed E-state index contributed by atoms with van der Waals surface area (Å²) in [6, 6.07) is 13.9. The van der Waals surface area contributed by atoms with Crippen LogP contribution in [0.4, 0.5) is 11.4 Å². The first kappa shape index (κ1) is 24.1. The number of hydrogen-bond donors (Lipinski definition) is 0. The van der Waals surface area contributed by atoms with Crippen molar-refractivity contribution < 1.29 is 23.8 Å². The second kappa shape index (κ2) is 13.2. The summed E-state index contributed by atoms with van der Waals surface area (Å²) in [5, 5.41) is 8.37. The van der Waals surface area contributed by atoms with Crippen molar-refractivity contribution in [1.29, 1.82) is 0 Å². The summed E-state index contributed by atoms with van der Waals surface area (Å²) in [6.45, 7) is 6.30. The van der Waals surface area contributed by atoms with Crippen molar-refractivity contribution in [2.75, 3.05) is 13.2 Å². The van der Waals surface area contributed by atoms with E-state index < -0.39 is 18.0 Å². The number of carbonyl (C=O) groups excluding carboxylic acids is 2. The van der Waals surface area contributed by atoms with Gasteiger partial charge in [-0.25, -0.2) is 9.59 Å². The summed E-state index contributed by atoms with van der Waals surface area (Å²) in [5.74, 6) is -0.362. The molecule has 166 valence electrons. The molecular weight excluding hydrogens is 396 g/mol. The normalized spacial score (nSPS) is 11.8. The van der Waals surface area contributed by atoms with Gasteiger partial charge in [-0.15, -0.1) is 0 Å². The van der Waals surface area contributed by atoms with Gasteiger partial charge in [0.25, 0.3) is 0 Å². The highest BCUT2D eigenvalue weighted by Gasteiger charge is 2.19. The van der Waals surface area contributed by atoms with Crippen molar-refractivity contribution in [3.63, 3.8) is 0 Å². The lowest BCUT2D eigenvalue weighted by atomic mass is 10.2. The number of ether oxygens (including phenoxy) is 3. The van der Waals surface area contributed by atoms with Crippen LogP contribution in [0.3, 0.4) is 0 Å². The Bertz CT molecular complexity index is 847. The number of nitrogens with zero attached hydrogens (tertiary/aromatic N) is 2. The molecule has 0 aliphatic heterocycles. The molecule has 2 aromatic rings. The number of azo groups is 1. The fourth-order valence-corrected chi connectivity index (χ4v) is 2.64. The Morgan fingerprint density at radius 1 is 0.871 bits per heavy atom. The molecular formula is C24H30N2O5. The molecule has 0 heterocycles. The minimum absolute atomic E-state index is 0.231. The monoisotopic (exact) mass is 426 g/mol. The molecule has 2 aromatic carbocycles. The van der Waals surface area contributed by atoms with Gasteiger partial charge in [0.1, 0.15) is 5.75 Å². The molecule has 0 saturated heterocycles. The Morgan fingerprint density at radius 3 is 2.06 bits per heavy atom. The van der Waals surface area contributed by atoms with E-state index in [4.69, 9.17) is 14.2 Å². The van der Waals surface area contributed by atoms with Gasteiger partial charge in [-0.2, -0.15) is 10.2 Å². The van der Waals surface area contributed by atoms with Crippen LogP contribution in [0.2, 0.25) is 0 Å². The van der Waals surface area contributed by atoms with Crippen LogP contribution in [0.25, 0.3) is 0 Å². The Morgan fingerprint density at radius 2 is 1.48 bits per heavy atom. The van der Waals surface area contributed by atoms with Gasteiger partial charge in [0.2, 0.25) is 0 Å². The highest BCUT2D eigenvalue weighted by atomic mass is 16.6. The zero-order chi connectivity index (χ0) is 22.5. The van der Waals surface area contributed by atoms with E-state index in [1.54, 1.807) is 31.2 Å². The molecule has 1 unspecified atom stereocenters. The van der Waals surface area contributed by atoms with E-state index >= 15 is 0 Å². The largest absolute Gasteiger partial charge is 0.494 e. The van der Waals surface area contributed by atoms with Crippen LogP contribution in [0.1, 0.15) is 56.8 Å². The van der Waals surface area contributed by atoms with E-state index in [1.807, 2.05) is 24.3 Å². The predicted octanol–water partition coefficient (Wildman–Crippen LogP) is 6.17. The molecule has 1 atom stereocenters.